The van der Waals surface area contributed by atoms with E-state index in [1.807, 2.05) is 18.3 Å². The van der Waals surface area contributed by atoms with Crippen LogP contribution in [-0.2, 0) is 6.42 Å². The lowest BCUT2D eigenvalue weighted by atomic mass is 10.1. The average molecular weight is 354 g/mol. The maximum Gasteiger partial charge on any atom is 0.140 e. The van der Waals surface area contributed by atoms with Gasteiger partial charge in [0.05, 0.1) is 9.26 Å². The van der Waals surface area contributed by atoms with Gasteiger partial charge in [0.1, 0.15) is 11.6 Å². The molecule has 94 valence electrons. The molecule has 0 atom stereocenters. The molecule has 0 amide bonds. The summed E-state index contributed by atoms with van der Waals surface area (Å²) >= 11 is 2.21. The highest BCUT2D eigenvalue weighted by atomic mass is 127. The van der Waals surface area contributed by atoms with Gasteiger partial charge in [0.2, 0.25) is 0 Å². The zero-order valence-electron chi connectivity index (χ0n) is 10.4. The van der Waals surface area contributed by atoms with Crippen molar-refractivity contribution in [2.75, 3.05) is 5.73 Å². The number of nitrogen functional groups attached to an aromatic ring is 1. The molecule has 2 N–H and O–H groups in total. The van der Waals surface area contributed by atoms with Crippen molar-refractivity contribution in [3.8, 4) is 0 Å². The van der Waals surface area contributed by atoms with Gasteiger partial charge in [-0.1, -0.05) is 19.9 Å². The summed E-state index contributed by atoms with van der Waals surface area (Å²) in [5.41, 5.74) is 8.04. The van der Waals surface area contributed by atoms with Gasteiger partial charge < -0.3 is 5.73 Å². The minimum Gasteiger partial charge on any atom is -0.383 e. The summed E-state index contributed by atoms with van der Waals surface area (Å²) in [5, 5.41) is 0. The summed E-state index contributed by atoms with van der Waals surface area (Å²) in [6.45, 7) is 4.22. The minimum atomic E-state index is 0.342. The van der Waals surface area contributed by atoms with Crippen LogP contribution in [-0.4, -0.2) is 15.0 Å². The molecule has 0 unspecified atom stereocenters. The Kier molecular flexibility index (Phi) is 4.11. The highest BCUT2D eigenvalue weighted by Crippen LogP contribution is 2.23. The normalized spacial score (nSPS) is 10.9. The molecule has 0 fully saturated rings. The van der Waals surface area contributed by atoms with Crippen LogP contribution >= 0.6 is 22.6 Å². The zero-order valence-corrected chi connectivity index (χ0v) is 12.5. The van der Waals surface area contributed by atoms with Crippen molar-refractivity contribution in [3.05, 3.63) is 45.2 Å². The van der Waals surface area contributed by atoms with Gasteiger partial charge in [-0.2, -0.15) is 0 Å². The van der Waals surface area contributed by atoms with Crippen LogP contribution in [0, 0.1) is 3.57 Å². The topological polar surface area (TPSA) is 64.7 Å². The van der Waals surface area contributed by atoms with E-state index in [1.165, 1.54) is 0 Å². The molecule has 5 heteroatoms. The quantitative estimate of drug-likeness (QED) is 0.861. The Balaban J connectivity index is 2.35. The summed E-state index contributed by atoms with van der Waals surface area (Å²) in [6, 6.07) is 3.92. The van der Waals surface area contributed by atoms with E-state index in [0.717, 1.165) is 20.7 Å². The van der Waals surface area contributed by atoms with Gasteiger partial charge in [0.15, 0.2) is 0 Å². The summed E-state index contributed by atoms with van der Waals surface area (Å²) in [5.74, 6) is 1.66. The highest BCUT2D eigenvalue weighted by molar-refractivity contribution is 14.1. The second-order valence-corrected chi connectivity index (χ2v) is 5.50. The summed E-state index contributed by atoms with van der Waals surface area (Å²) in [4.78, 5) is 13.0. The fourth-order valence-corrected chi connectivity index (χ4v) is 2.54. The molecule has 18 heavy (non-hydrogen) atoms. The molecule has 0 bridgehead atoms. The Hall–Kier alpha value is -1.24. The van der Waals surface area contributed by atoms with Crippen molar-refractivity contribution < 1.29 is 0 Å². The van der Waals surface area contributed by atoms with E-state index in [9.17, 15) is 0 Å². The fourth-order valence-electron chi connectivity index (χ4n) is 1.68. The third-order valence-electron chi connectivity index (χ3n) is 2.58. The number of halogens is 1. The molecule has 0 aliphatic carbocycles. The Bertz CT molecular complexity index is 540. The van der Waals surface area contributed by atoms with Crippen LogP contribution in [0.1, 0.15) is 36.8 Å². The van der Waals surface area contributed by atoms with E-state index < -0.39 is 0 Å². The number of anilines is 1. The number of nitrogens with two attached hydrogens (primary N) is 1. The SMILES string of the molecule is CC(C)c1nc(Cc2cccnc2)nc(N)c1I. The van der Waals surface area contributed by atoms with Crippen LogP contribution in [0.15, 0.2) is 24.5 Å². The monoisotopic (exact) mass is 354 g/mol. The summed E-state index contributed by atoms with van der Waals surface area (Å²) in [7, 11) is 0. The lowest BCUT2D eigenvalue weighted by Crippen LogP contribution is -2.09. The standard InChI is InChI=1S/C13H15IN4/c1-8(2)12-11(14)13(15)18-10(17-12)6-9-4-3-5-16-7-9/h3-5,7-8H,6H2,1-2H3,(H2,15,17,18). The third kappa shape index (κ3) is 2.95. The van der Waals surface area contributed by atoms with Crippen LogP contribution in [0.25, 0.3) is 0 Å². The summed E-state index contributed by atoms with van der Waals surface area (Å²) < 4.78 is 0.956. The first-order valence-corrected chi connectivity index (χ1v) is 6.86. The zero-order chi connectivity index (χ0) is 13.1. The van der Waals surface area contributed by atoms with Gasteiger partial charge in [-0.3, -0.25) is 4.98 Å². The first kappa shape index (κ1) is 13.2. The van der Waals surface area contributed by atoms with E-state index in [-0.39, 0.29) is 0 Å². The van der Waals surface area contributed by atoms with E-state index in [4.69, 9.17) is 5.73 Å². The highest BCUT2D eigenvalue weighted by Gasteiger charge is 2.13. The van der Waals surface area contributed by atoms with Gasteiger partial charge in [0, 0.05) is 18.8 Å². The molecule has 4 nitrogen and oxygen atoms in total. The molecule has 0 aliphatic heterocycles. The molecule has 0 aromatic carbocycles. The predicted octanol–water partition coefficient (Wildman–Crippen LogP) is 2.77. The third-order valence-corrected chi connectivity index (χ3v) is 3.69. The number of pyridine rings is 1. The lowest BCUT2D eigenvalue weighted by molar-refractivity contribution is 0.785. The number of nitrogens with zero attached hydrogens (tertiary/aromatic N) is 3. The molecule has 0 spiro atoms. The first-order valence-electron chi connectivity index (χ1n) is 5.78. The molecular formula is C13H15IN4. The van der Waals surface area contributed by atoms with Crippen molar-refractivity contribution >= 4 is 28.4 Å². The molecule has 2 heterocycles. The number of hydrogen-bond donors (Lipinski definition) is 1. The van der Waals surface area contributed by atoms with Crippen LogP contribution < -0.4 is 5.73 Å². The first-order chi connectivity index (χ1) is 8.58. The number of rotatable bonds is 3. The largest absolute Gasteiger partial charge is 0.383 e. The van der Waals surface area contributed by atoms with Crippen molar-refractivity contribution in [1.82, 2.24) is 15.0 Å². The minimum absolute atomic E-state index is 0.342. The smallest absolute Gasteiger partial charge is 0.140 e. The molecule has 2 rings (SSSR count). The van der Waals surface area contributed by atoms with Gasteiger partial charge in [-0.25, -0.2) is 9.97 Å². The van der Waals surface area contributed by atoms with Gasteiger partial charge in [0.25, 0.3) is 0 Å². The van der Waals surface area contributed by atoms with Gasteiger partial charge >= 0.3 is 0 Å². The van der Waals surface area contributed by atoms with Crippen LogP contribution in [0.3, 0.4) is 0 Å². The second-order valence-electron chi connectivity index (χ2n) is 4.42. The Labute approximate surface area is 120 Å². The maximum absolute atomic E-state index is 5.94. The van der Waals surface area contributed by atoms with Crippen molar-refractivity contribution in [1.29, 1.82) is 0 Å². The van der Waals surface area contributed by atoms with E-state index in [2.05, 4.69) is 51.4 Å². The Morgan fingerprint density at radius 2 is 2.11 bits per heavy atom. The predicted molar refractivity (Wildman–Crippen MR) is 80.3 cm³/mol. The number of aromatic nitrogens is 3. The van der Waals surface area contributed by atoms with Gasteiger partial charge in [-0.05, 0) is 40.1 Å². The van der Waals surface area contributed by atoms with Crippen molar-refractivity contribution in [2.45, 2.75) is 26.2 Å². The molecule has 2 aromatic heterocycles. The van der Waals surface area contributed by atoms with Crippen molar-refractivity contribution in [3.63, 3.8) is 0 Å². The summed E-state index contributed by atoms with van der Waals surface area (Å²) in [6.07, 6.45) is 4.24. The average Bonchev–Trinajstić information content (AvgIpc) is 2.34. The fraction of sp³-hybridized carbons (Fsp3) is 0.308. The Morgan fingerprint density at radius 1 is 1.33 bits per heavy atom. The second kappa shape index (κ2) is 5.60. The van der Waals surface area contributed by atoms with Gasteiger partial charge in [-0.15, -0.1) is 0 Å². The number of hydrogen-bond acceptors (Lipinski definition) is 4. The van der Waals surface area contributed by atoms with Crippen LogP contribution in [0.4, 0.5) is 5.82 Å². The molecule has 0 radical (unpaired) electrons. The van der Waals surface area contributed by atoms with Crippen LogP contribution in [0.5, 0.6) is 0 Å². The van der Waals surface area contributed by atoms with E-state index in [0.29, 0.717) is 18.2 Å². The Morgan fingerprint density at radius 3 is 2.72 bits per heavy atom. The molecule has 2 aromatic rings. The molecule has 0 aliphatic rings. The molecular weight excluding hydrogens is 339 g/mol. The lowest BCUT2D eigenvalue weighted by Gasteiger charge is -2.11. The van der Waals surface area contributed by atoms with Crippen molar-refractivity contribution in [2.24, 2.45) is 0 Å². The molecule has 0 saturated heterocycles. The van der Waals surface area contributed by atoms with E-state index >= 15 is 0 Å². The van der Waals surface area contributed by atoms with Crippen LogP contribution in [0.2, 0.25) is 0 Å². The maximum atomic E-state index is 5.94. The van der Waals surface area contributed by atoms with E-state index in [1.54, 1.807) is 6.20 Å². The molecule has 0 saturated carbocycles.